The van der Waals surface area contributed by atoms with E-state index < -0.39 is 9.84 Å². The Bertz CT molecular complexity index is 570. The lowest BCUT2D eigenvalue weighted by Crippen LogP contribution is -2.38. The Morgan fingerprint density at radius 1 is 1.09 bits per heavy atom. The molecule has 0 radical (unpaired) electrons. The number of benzene rings is 1. The lowest BCUT2D eigenvalue weighted by atomic mass is 10.1. The van der Waals surface area contributed by atoms with E-state index in [9.17, 15) is 8.42 Å². The summed E-state index contributed by atoms with van der Waals surface area (Å²) in [7, 11) is 3.34. The van der Waals surface area contributed by atoms with Crippen LogP contribution in [0.5, 0.6) is 5.75 Å². The molecule has 0 amide bonds. The van der Waals surface area contributed by atoms with Gasteiger partial charge in [-0.15, -0.1) is 0 Å². The Kier molecular flexibility index (Phi) is 6.44. The molecule has 0 spiro atoms. The zero-order valence-corrected chi connectivity index (χ0v) is 15.2. The summed E-state index contributed by atoms with van der Waals surface area (Å²) in [5.41, 5.74) is 1.22. The zero-order chi connectivity index (χ0) is 16.9. The molecule has 6 heteroatoms. The van der Waals surface area contributed by atoms with Gasteiger partial charge in [0, 0.05) is 19.1 Å². The Labute approximate surface area is 140 Å². The molecule has 1 aliphatic heterocycles. The quantitative estimate of drug-likeness (QED) is 0.755. The molecule has 23 heavy (non-hydrogen) atoms. The van der Waals surface area contributed by atoms with Gasteiger partial charge in [-0.1, -0.05) is 12.1 Å². The molecule has 0 saturated carbocycles. The smallest absolute Gasteiger partial charge is 0.150 e. The van der Waals surface area contributed by atoms with Gasteiger partial charge in [-0.05, 0) is 51.7 Å². The normalized spacial score (nSPS) is 18.5. The molecule has 2 rings (SSSR count). The molecule has 0 aliphatic carbocycles. The first kappa shape index (κ1) is 18.2. The van der Waals surface area contributed by atoms with Crippen LogP contribution in [-0.4, -0.2) is 70.1 Å². The van der Waals surface area contributed by atoms with Gasteiger partial charge in [0.05, 0.1) is 11.5 Å². The minimum Gasteiger partial charge on any atom is -0.492 e. The number of hydrogen-bond donors (Lipinski definition) is 0. The van der Waals surface area contributed by atoms with Crippen LogP contribution >= 0.6 is 0 Å². The number of sulfone groups is 1. The van der Waals surface area contributed by atoms with E-state index >= 15 is 0 Å². The number of ether oxygens (including phenoxy) is 1. The first-order valence-electron chi connectivity index (χ1n) is 8.13. The van der Waals surface area contributed by atoms with Gasteiger partial charge in [-0.2, -0.15) is 0 Å². The standard InChI is InChI=1S/C17H28N2O3S/c1-18(2)10-11-22-17-6-4-15(5-7-17)14-19(3)16-8-12-23(20,21)13-9-16/h4-7,16H,8-14H2,1-3H3. The molecule has 1 aromatic carbocycles. The van der Waals surface area contributed by atoms with Crippen molar-refractivity contribution in [3.05, 3.63) is 29.8 Å². The minimum atomic E-state index is -2.79. The summed E-state index contributed by atoms with van der Waals surface area (Å²) in [6, 6.07) is 8.53. The Hall–Kier alpha value is -1.11. The number of hydrogen-bond acceptors (Lipinski definition) is 5. The first-order chi connectivity index (χ1) is 10.9. The van der Waals surface area contributed by atoms with Gasteiger partial charge in [0.15, 0.2) is 0 Å². The highest BCUT2D eigenvalue weighted by Crippen LogP contribution is 2.20. The van der Waals surface area contributed by atoms with Gasteiger partial charge in [0.1, 0.15) is 22.2 Å². The fourth-order valence-corrected chi connectivity index (χ4v) is 4.24. The third-order valence-corrected chi connectivity index (χ3v) is 6.03. The van der Waals surface area contributed by atoms with Crippen LogP contribution in [0.1, 0.15) is 18.4 Å². The lowest BCUT2D eigenvalue weighted by molar-refractivity contribution is 0.218. The molecule has 1 heterocycles. The van der Waals surface area contributed by atoms with Crippen LogP contribution in [0.25, 0.3) is 0 Å². The highest BCUT2D eigenvalue weighted by Gasteiger charge is 2.26. The molecule has 0 unspecified atom stereocenters. The SMILES string of the molecule is CN(C)CCOc1ccc(CN(C)C2CCS(=O)(=O)CC2)cc1. The van der Waals surface area contributed by atoms with Crippen molar-refractivity contribution < 1.29 is 13.2 Å². The summed E-state index contributed by atoms with van der Waals surface area (Å²) in [5.74, 6) is 1.53. The van der Waals surface area contributed by atoms with Crippen LogP contribution in [0.4, 0.5) is 0 Å². The number of rotatable bonds is 7. The monoisotopic (exact) mass is 340 g/mol. The Balaban J connectivity index is 1.81. The molecule has 1 aromatic rings. The van der Waals surface area contributed by atoms with Crippen LogP contribution < -0.4 is 4.74 Å². The van der Waals surface area contributed by atoms with Crippen molar-refractivity contribution in [3.63, 3.8) is 0 Å². The van der Waals surface area contributed by atoms with Crippen molar-refractivity contribution >= 4 is 9.84 Å². The lowest BCUT2D eigenvalue weighted by Gasteiger charge is -2.31. The van der Waals surface area contributed by atoms with Crippen molar-refractivity contribution in [1.29, 1.82) is 0 Å². The maximum atomic E-state index is 11.5. The maximum Gasteiger partial charge on any atom is 0.150 e. The van der Waals surface area contributed by atoms with E-state index in [1.165, 1.54) is 5.56 Å². The highest BCUT2D eigenvalue weighted by atomic mass is 32.2. The largest absolute Gasteiger partial charge is 0.492 e. The fraction of sp³-hybridized carbons (Fsp3) is 0.647. The Morgan fingerprint density at radius 2 is 1.70 bits per heavy atom. The summed E-state index contributed by atoms with van der Waals surface area (Å²) in [6.07, 6.45) is 1.48. The summed E-state index contributed by atoms with van der Waals surface area (Å²) < 4.78 is 28.7. The van der Waals surface area contributed by atoms with Gasteiger partial charge in [0.25, 0.3) is 0 Å². The summed E-state index contributed by atoms with van der Waals surface area (Å²) >= 11 is 0. The highest BCUT2D eigenvalue weighted by molar-refractivity contribution is 7.91. The molecule has 5 nitrogen and oxygen atoms in total. The second-order valence-electron chi connectivity index (χ2n) is 6.59. The van der Waals surface area contributed by atoms with Gasteiger partial charge in [-0.3, -0.25) is 4.90 Å². The predicted octanol–water partition coefficient (Wildman–Crippen LogP) is 1.64. The molecule has 130 valence electrons. The zero-order valence-electron chi connectivity index (χ0n) is 14.4. The van der Waals surface area contributed by atoms with Crippen molar-refractivity contribution in [1.82, 2.24) is 9.80 Å². The van der Waals surface area contributed by atoms with Gasteiger partial charge >= 0.3 is 0 Å². The second kappa shape index (κ2) is 8.13. The number of likely N-dealkylation sites (N-methyl/N-ethyl adjacent to an activating group) is 1. The number of nitrogens with zero attached hydrogens (tertiary/aromatic N) is 2. The van der Waals surface area contributed by atoms with Crippen molar-refractivity contribution in [2.24, 2.45) is 0 Å². The summed E-state index contributed by atoms with van der Waals surface area (Å²) in [6.45, 7) is 2.42. The molecule has 1 aliphatic rings. The molecular formula is C17H28N2O3S. The van der Waals surface area contributed by atoms with E-state index in [1.807, 2.05) is 26.2 Å². The van der Waals surface area contributed by atoms with Crippen LogP contribution in [0.2, 0.25) is 0 Å². The van der Waals surface area contributed by atoms with E-state index in [2.05, 4.69) is 29.0 Å². The average molecular weight is 340 g/mol. The van der Waals surface area contributed by atoms with Crippen molar-refractivity contribution in [2.75, 3.05) is 45.8 Å². The third-order valence-electron chi connectivity index (χ3n) is 4.31. The van der Waals surface area contributed by atoms with Gasteiger partial charge in [-0.25, -0.2) is 8.42 Å². The minimum absolute atomic E-state index is 0.320. The third kappa shape index (κ3) is 6.12. The van der Waals surface area contributed by atoms with Crippen molar-refractivity contribution in [3.8, 4) is 5.75 Å². The van der Waals surface area contributed by atoms with Crippen LogP contribution in [-0.2, 0) is 16.4 Å². The molecule has 1 saturated heterocycles. The van der Waals surface area contributed by atoms with Crippen LogP contribution in [0.3, 0.4) is 0 Å². The second-order valence-corrected chi connectivity index (χ2v) is 8.90. The molecule has 0 bridgehead atoms. The van der Waals surface area contributed by atoms with Gasteiger partial charge < -0.3 is 9.64 Å². The average Bonchev–Trinajstić information content (AvgIpc) is 2.48. The van der Waals surface area contributed by atoms with Crippen LogP contribution in [0, 0.1) is 0 Å². The first-order valence-corrected chi connectivity index (χ1v) is 9.95. The topological polar surface area (TPSA) is 49.9 Å². The van der Waals surface area contributed by atoms with E-state index in [-0.39, 0.29) is 0 Å². The van der Waals surface area contributed by atoms with Gasteiger partial charge in [0.2, 0.25) is 0 Å². The molecule has 0 aromatic heterocycles. The molecule has 0 atom stereocenters. The molecule has 1 fully saturated rings. The van der Waals surface area contributed by atoms with E-state index in [0.29, 0.717) is 24.2 Å². The maximum absolute atomic E-state index is 11.5. The van der Waals surface area contributed by atoms with E-state index in [4.69, 9.17) is 4.74 Å². The van der Waals surface area contributed by atoms with E-state index in [1.54, 1.807) is 0 Å². The van der Waals surface area contributed by atoms with Crippen molar-refractivity contribution in [2.45, 2.75) is 25.4 Å². The summed E-state index contributed by atoms with van der Waals surface area (Å²) in [4.78, 5) is 4.35. The predicted molar refractivity (Wildman–Crippen MR) is 93.6 cm³/mol. The molecular weight excluding hydrogens is 312 g/mol. The Morgan fingerprint density at radius 3 is 2.26 bits per heavy atom. The van der Waals surface area contributed by atoms with E-state index in [0.717, 1.165) is 31.7 Å². The summed E-state index contributed by atoms with van der Waals surface area (Å²) in [5, 5.41) is 0. The fourth-order valence-electron chi connectivity index (χ4n) is 2.77. The van der Waals surface area contributed by atoms with Crippen LogP contribution in [0.15, 0.2) is 24.3 Å². The molecule has 0 N–H and O–H groups in total.